The fourth-order valence-electron chi connectivity index (χ4n) is 6.22. The van der Waals surface area contributed by atoms with Crippen LogP contribution in [-0.2, 0) is 20.9 Å². The number of carbonyl (C=O) groups excluding carboxylic acids is 2. The van der Waals surface area contributed by atoms with E-state index < -0.39 is 15.7 Å². The number of rotatable bonds is 11. The van der Waals surface area contributed by atoms with Crippen molar-refractivity contribution in [2.24, 2.45) is 0 Å². The second kappa shape index (κ2) is 14.1. The average Bonchev–Trinajstić information content (AvgIpc) is 3.58. The lowest BCUT2D eigenvalue weighted by molar-refractivity contribution is -0.384. The standard InChI is InChI=1S/C33H33BrClN5O5S/c34-23-4-2-22(3-5-23)21-39-30(41)19-33(46-26-9-7-25(8-10-26)40(43)44,32(42)36-12-1-13-38-14-16-45-17-15-38)31(39)28-20-37-29-18-24(35)6-11-27(28)29/h2-11,18,20,31,37H,1,12-17,19,21H2,(H,36,42)/t31-,33-/m1/s1. The van der Waals surface area contributed by atoms with E-state index in [9.17, 15) is 19.7 Å². The van der Waals surface area contributed by atoms with Crippen LogP contribution in [0.15, 0.2) is 82.3 Å². The molecule has 0 spiro atoms. The summed E-state index contributed by atoms with van der Waals surface area (Å²) in [7, 11) is 0. The first-order chi connectivity index (χ1) is 22.2. The molecule has 240 valence electrons. The van der Waals surface area contributed by atoms with E-state index in [0.717, 1.165) is 52.6 Å². The number of likely N-dealkylation sites (tertiary alicyclic amines) is 1. The molecule has 2 atom stereocenters. The molecule has 0 saturated carbocycles. The van der Waals surface area contributed by atoms with Crippen LogP contribution in [0.2, 0.25) is 5.02 Å². The van der Waals surface area contributed by atoms with Gasteiger partial charge >= 0.3 is 0 Å². The number of amides is 2. The number of hydrogen-bond acceptors (Lipinski definition) is 7. The molecule has 13 heteroatoms. The Morgan fingerprint density at radius 3 is 2.59 bits per heavy atom. The van der Waals surface area contributed by atoms with E-state index in [0.29, 0.717) is 36.2 Å². The first-order valence-corrected chi connectivity index (χ1v) is 17.0. The molecule has 10 nitrogen and oxygen atoms in total. The van der Waals surface area contributed by atoms with Crippen molar-refractivity contribution in [3.05, 3.63) is 104 Å². The molecule has 2 fully saturated rings. The number of aromatic amines is 1. The number of nitrogens with one attached hydrogen (secondary N) is 2. The average molecular weight is 727 g/mol. The number of thioether (sulfide) groups is 1. The largest absolute Gasteiger partial charge is 0.379 e. The zero-order valence-corrected chi connectivity index (χ0v) is 28.1. The van der Waals surface area contributed by atoms with Gasteiger partial charge in [0.25, 0.3) is 5.69 Å². The summed E-state index contributed by atoms with van der Waals surface area (Å²) in [6.45, 7) is 4.69. The number of H-pyrrole nitrogens is 1. The second-order valence-corrected chi connectivity index (χ2v) is 14.2. The van der Waals surface area contributed by atoms with Crippen LogP contribution in [0, 0.1) is 10.1 Å². The SMILES string of the molecule is O=C1C[C@](Sc2ccc([N+](=O)[O-])cc2)(C(=O)NCCCN2CCOCC2)[C@@H](c2c[nH]c3cc(Cl)ccc23)N1Cc1ccc(Br)cc1. The van der Waals surface area contributed by atoms with Crippen LogP contribution in [0.5, 0.6) is 0 Å². The van der Waals surface area contributed by atoms with Crippen molar-refractivity contribution in [3.63, 3.8) is 0 Å². The van der Waals surface area contributed by atoms with Crippen LogP contribution >= 0.6 is 39.3 Å². The maximum Gasteiger partial charge on any atom is 0.269 e. The van der Waals surface area contributed by atoms with Crippen LogP contribution in [0.1, 0.15) is 30.0 Å². The third-order valence-electron chi connectivity index (χ3n) is 8.50. The van der Waals surface area contributed by atoms with E-state index in [1.807, 2.05) is 42.6 Å². The summed E-state index contributed by atoms with van der Waals surface area (Å²) >= 11 is 11.1. The molecule has 0 unspecified atom stereocenters. The van der Waals surface area contributed by atoms with Gasteiger partial charge in [-0.15, -0.1) is 11.8 Å². The zero-order chi connectivity index (χ0) is 32.3. The molecule has 0 aliphatic carbocycles. The molecule has 2 aliphatic rings. The lowest BCUT2D eigenvalue weighted by atomic mass is 9.91. The minimum Gasteiger partial charge on any atom is -0.379 e. The van der Waals surface area contributed by atoms with Gasteiger partial charge in [0.15, 0.2) is 0 Å². The topological polar surface area (TPSA) is 121 Å². The summed E-state index contributed by atoms with van der Waals surface area (Å²) in [6.07, 6.45) is 2.55. The molecule has 0 bridgehead atoms. The van der Waals surface area contributed by atoms with Crippen molar-refractivity contribution in [2.45, 2.75) is 35.1 Å². The molecule has 2 saturated heterocycles. The summed E-state index contributed by atoms with van der Waals surface area (Å²) < 4.78 is 5.10. The number of nitro groups is 1. The second-order valence-electron chi connectivity index (χ2n) is 11.5. The zero-order valence-electron chi connectivity index (χ0n) is 24.9. The fourth-order valence-corrected chi connectivity index (χ4v) is 8.07. The summed E-state index contributed by atoms with van der Waals surface area (Å²) in [5.41, 5.74) is 2.47. The Balaban J connectivity index is 1.39. The van der Waals surface area contributed by atoms with E-state index in [1.165, 1.54) is 23.9 Å². The Kier molecular flexibility index (Phi) is 10.00. The van der Waals surface area contributed by atoms with E-state index in [4.69, 9.17) is 16.3 Å². The first-order valence-electron chi connectivity index (χ1n) is 15.1. The van der Waals surface area contributed by atoms with Gasteiger partial charge in [-0.1, -0.05) is 45.7 Å². The quantitative estimate of drug-likeness (QED) is 0.105. The molecular formula is C33H33BrClN5O5S. The predicted octanol–water partition coefficient (Wildman–Crippen LogP) is 6.34. The number of non-ortho nitro benzene ring substituents is 1. The number of nitrogens with zero attached hydrogens (tertiary/aromatic N) is 3. The van der Waals surface area contributed by atoms with Gasteiger partial charge in [0.1, 0.15) is 4.75 Å². The van der Waals surface area contributed by atoms with Crippen molar-refractivity contribution >= 4 is 67.7 Å². The van der Waals surface area contributed by atoms with Gasteiger partial charge in [0.2, 0.25) is 11.8 Å². The predicted molar refractivity (Wildman–Crippen MR) is 182 cm³/mol. The molecule has 1 aromatic heterocycles. The van der Waals surface area contributed by atoms with Gasteiger partial charge in [-0.25, -0.2) is 0 Å². The normalized spacial score (nSPS) is 20.3. The molecule has 4 aromatic rings. The Morgan fingerprint density at radius 1 is 1.13 bits per heavy atom. The third kappa shape index (κ3) is 6.96. The van der Waals surface area contributed by atoms with Crippen molar-refractivity contribution in [3.8, 4) is 0 Å². The highest BCUT2D eigenvalue weighted by atomic mass is 79.9. The third-order valence-corrected chi connectivity index (χ3v) is 10.7. The number of nitro benzene ring substituents is 1. The Morgan fingerprint density at radius 2 is 1.87 bits per heavy atom. The molecule has 3 aromatic carbocycles. The van der Waals surface area contributed by atoms with Crippen LogP contribution in [0.3, 0.4) is 0 Å². The van der Waals surface area contributed by atoms with Gasteiger partial charge in [0.05, 0.1) is 30.6 Å². The molecule has 2 aliphatic heterocycles. The van der Waals surface area contributed by atoms with Crippen LogP contribution in [0.25, 0.3) is 10.9 Å². The minimum absolute atomic E-state index is 0.0459. The van der Waals surface area contributed by atoms with Crippen molar-refractivity contribution in [1.82, 2.24) is 20.1 Å². The van der Waals surface area contributed by atoms with Gasteiger partial charge in [-0.3, -0.25) is 24.6 Å². The number of aromatic nitrogens is 1. The molecule has 3 heterocycles. The lowest BCUT2D eigenvalue weighted by Crippen LogP contribution is -2.48. The van der Waals surface area contributed by atoms with Crippen molar-refractivity contribution in [1.29, 1.82) is 0 Å². The van der Waals surface area contributed by atoms with Gasteiger partial charge in [-0.05, 0) is 54.9 Å². The van der Waals surface area contributed by atoms with Crippen LogP contribution in [-0.4, -0.2) is 75.7 Å². The maximum absolute atomic E-state index is 14.6. The smallest absolute Gasteiger partial charge is 0.269 e. The highest BCUT2D eigenvalue weighted by Crippen LogP contribution is 2.54. The molecular weight excluding hydrogens is 694 g/mol. The number of benzene rings is 3. The number of morpholine rings is 1. The number of hydrogen-bond donors (Lipinski definition) is 2. The summed E-state index contributed by atoms with van der Waals surface area (Å²) in [6, 6.07) is 18.8. The van der Waals surface area contributed by atoms with Gasteiger partial charge < -0.3 is 19.9 Å². The van der Waals surface area contributed by atoms with Gasteiger partial charge in [-0.2, -0.15) is 0 Å². The lowest BCUT2D eigenvalue weighted by Gasteiger charge is -2.36. The highest BCUT2D eigenvalue weighted by Gasteiger charge is 2.58. The Bertz CT molecular complexity index is 1730. The van der Waals surface area contributed by atoms with Gasteiger partial charge in [0, 0.05) is 75.4 Å². The highest BCUT2D eigenvalue weighted by molar-refractivity contribution is 9.10. The minimum atomic E-state index is -1.28. The monoisotopic (exact) mass is 725 g/mol. The number of fused-ring (bicyclic) bond motifs is 1. The summed E-state index contributed by atoms with van der Waals surface area (Å²) in [5, 5.41) is 16.0. The molecule has 46 heavy (non-hydrogen) atoms. The number of halogens is 2. The maximum atomic E-state index is 14.6. The number of ether oxygens (including phenoxy) is 1. The van der Waals surface area contributed by atoms with Crippen LogP contribution in [0.4, 0.5) is 5.69 Å². The molecule has 0 radical (unpaired) electrons. The fraction of sp³-hybridized carbons (Fsp3) is 0.333. The van der Waals surface area contributed by atoms with Crippen LogP contribution < -0.4 is 5.32 Å². The van der Waals surface area contributed by atoms with E-state index in [2.05, 4.69) is 31.1 Å². The summed E-state index contributed by atoms with van der Waals surface area (Å²) in [4.78, 5) is 47.7. The summed E-state index contributed by atoms with van der Waals surface area (Å²) in [5.74, 6) is -0.410. The van der Waals surface area contributed by atoms with E-state index >= 15 is 0 Å². The van der Waals surface area contributed by atoms with E-state index in [1.54, 1.807) is 23.1 Å². The van der Waals surface area contributed by atoms with E-state index in [-0.39, 0.29) is 23.9 Å². The first kappa shape index (κ1) is 32.5. The van der Waals surface area contributed by atoms with Crippen molar-refractivity contribution < 1.29 is 19.2 Å². The Hall–Kier alpha value is -3.42. The molecule has 2 amide bonds. The number of carbonyl (C=O) groups is 2. The molecule has 6 rings (SSSR count). The molecule has 2 N–H and O–H groups in total. The van der Waals surface area contributed by atoms with Crippen molar-refractivity contribution in [2.75, 3.05) is 39.4 Å². The Labute approximate surface area is 284 Å².